The third-order valence-electron chi connectivity index (χ3n) is 5.91. The predicted molar refractivity (Wildman–Crippen MR) is 127 cm³/mol. The molecular weight excluding hydrogens is 488 g/mol. The molecule has 198 valence electrons. The van der Waals surface area contributed by atoms with Gasteiger partial charge in [0.1, 0.15) is 41.0 Å². The number of aryl methyl sites for hydroxylation is 2. The monoisotopic (exact) mass is 516 g/mol. The molecule has 5 atom stereocenters. The molecule has 0 bridgehead atoms. The third-order valence-corrected chi connectivity index (χ3v) is 5.91. The zero-order valence-electron chi connectivity index (χ0n) is 20.2. The van der Waals surface area contributed by atoms with E-state index >= 15 is 0 Å². The van der Waals surface area contributed by atoms with Crippen LogP contribution < -0.4 is 4.74 Å². The first-order chi connectivity index (χ1) is 17.7. The Morgan fingerprint density at radius 2 is 1.76 bits per heavy atom. The first-order valence-corrected chi connectivity index (χ1v) is 11.7. The molecule has 2 aromatic carbocycles. The van der Waals surface area contributed by atoms with E-state index in [0.29, 0.717) is 12.0 Å². The molecule has 11 heteroatoms. The number of ether oxygens (including phenoxy) is 4. The van der Waals surface area contributed by atoms with Gasteiger partial charge in [-0.2, -0.15) is 0 Å². The van der Waals surface area contributed by atoms with Gasteiger partial charge >= 0.3 is 6.16 Å². The number of benzene rings is 2. The van der Waals surface area contributed by atoms with E-state index in [4.69, 9.17) is 18.6 Å². The van der Waals surface area contributed by atoms with Crippen LogP contribution in [0.15, 0.2) is 47.1 Å². The number of phenolic OH excluding ortho intramolecular Hbond substituents is 1. The van der Waals surface area contributed by atoms with E-state index in [-0.39, 0.29) is 30.1 Å². The second-order valence-electron chi connectivity index (χ2n) is 8.64. The Hall–Kier alpha value is -3.64. The van der Waals surface area contributed by atoms with Crippen molar-refractivity contribution in [1.82, 2.24) is 0 Å². The van der Waals surface area contributed by atoms with E-state index in [0.717, 1.165) is 16.5 Å². The van der Waals surface area contributed by atoms with E-state index in [1.54, 1.807) is 20.1 Å². The lowest BCUT2D eigenvalue weighted by Gasteiger charge is -2.39. The third kappa shape index (κ3) is 5.86. The van der Waals surface area contributed by atoms with Crippen LogP contribution in [0.25, 0.3) is 11.0 Å². The summed E-state index contributed by atoms with van der Waals surface area (Å²) in [6, 6.07) is 10.2. The summed E-state index contributed by atoms with van der Waals surface area (Å²) in [6.07, 6.45) is -7.95. The Morgan fingerprint density at radius 3 is 2.51 bits per heavy atom. The lowest BCUT2D eigenvalue weighted by Crippen LogP contribution is -2.60. The Bertz CT molecular complexity index is 1270. The van der Waals surface area contributed by atoms with Crippen LogP contribution in [0, 0.1) is 6.92 Å². The van der Waals surface area contributed by atoms with Crippen molar-refractivity contribution in [3.63, 3.8) is 0 Å². The van der Waals surface area contributed by atoms with Gasteiger partial charge < -0.3 is 39.1 Å². The van der Waals surface area contributed by atoms with Crippen molar-refractivity contribution in [2.24, 2.45) is 0 Å². The van der Waals surface area contributed by atoms with Crippen LogP contribution in [0.1, 0.15) is 34.8 Å². The molecule has 1 aliphatic heterocycles. The second kappa shape index (κ2) is 11.2. The van der Waals surface area contributed by atoms with Crippen LogP contribution in [0.4, 0.5) is 4.79 Å². The molecule has 0 unspecified atom stereocenters. The van der Waals surface area contributed by atoms with Gasteiger partial charge in [-0.3, -0.25) is 9.53 Å². The van der Waals surface area contributed by atoms with Gasteiger partial charge in [-0.1, -0.05) is 6.07 Å². The zero-order valence-corrected chi connectivity index (χ0v) is 20.2. The number of furan rings is 1. The fourth-order valence-electron chi connectivity index (χ4n) is 4.05. The van der Waals surface area contributed by atoms with Gasteiger partial charge in [0.05, 0.1) is 12.9 Å². The molecule has 11 nitrogen and oxygen atoms in total. The van der Waals surface area contributed by atoms with Crippen LogP contribution in [0.2, 0.25) is 0 Å². The fraction of sp³-hybridized carbons (Fsp3) is 0.385. The maximum absolute atomic E-state index is 13.2. The molecule has 0 aliphatic carbocycles. The van der Waals surface area contributed by atoms with Crippen molar-refractivity contribution < 1.29 is 53.4 Å². The number of hydrogen-bond acceptors (Lipinski definition) is 11. The van der Waals surface area contributed by atoms with Gasteiger partial charge in [-0.05, 0) is 61.7 Å². The lowest BCUT2D eigenvalue weighted by atomic mass is 9.99. The number of aliphatic hydroxyl groups excluding tert-OH is 3. The molecule has 0 spiro atoms. The SMILES string of the molecule is CCOC(=O)O[C@H]1O[C@H](Oc2cc(C)cc(O)c2C(=O)CCc2ccc3occc3c2)[C@H](O)[C@H](O)[C@@H]1O. The summed E-state index contributed by atoms with van der Waals surface area (Å²) >= 11 is 0. The summed E-state index contributed by atoms with van der Waals surface area (Å²) in [6.45, 7) is 3.20. The normalized spacial score (nSPS) is 23.5. The second-order valence-corrected chi connectivity index (χ2v) is 8.64. The van der Waals surface area contributed by atoms with Crippen molar-refractivity contribution in [1.29, 1.82) is 0 Å². The molecule has 1 aromatic heterocycles. The number of ketones is 1. The maximum Gasteiger partial charge on any atom is 0.510 e. The van der Waals surface area contributed by atoms with Gasteiger partial charge in [0.15, 0.2) is 5.78 Å². The number of phenols is 1. The average molecular weight is 516 g/mol. The number of Topliss-reactive ketones (excluding diaryl/α,β-unsaturated/α-hetero) is 1. The Balaban J connectivity index is 1.53. The number of rotatable bonds is 8. The van der Waals surface area contributed by atoms with Gasteiger partial charge in [0.2, 0.25) is 12.6 Å². The first-order valence-electron chi connectivity index (χ1n) is 11.7. The highest BCUT2D eigenvalue weighted by atomic mass is 16.8. The predicted octanol–water partition coefficient (Wildman–Crippen LogP) is 2.58. The van der Waals surface area contributed by atoms with Crippen LogP contribution in [-0.4, -0.2) is 69.9 Å². The zero-order chi connectivity index (χ0) is 26.7. The van der Waals surface area contributed by atoms with Crippen molar-refractivity contribution in [2.45, 2.75) is 57.6 Å². The maximum atomic E-state index is 13.2. The first kappa shape index (κ1) is 26.4. The summed E-state index contributed by atoms with van der Waals surface area (Å²) in [5, 5.41) is 42.3. The molecule has 1 aliphatic rings. The van der Waals surface area contributed by atoms with Crippen LogP contribution in [-0.2, 0) is 20.6 Å². The van der Waals surface area contributed by atoms with E-state index in [9.17, 15) is 30.0 Å². The Kier molecular flexibility index (Phi) is 7.98. The molecule has 3 aromatic rings. The smallest absolute Gasteiger partial charge is 0.507 e. The standard InChI is InChI=1S/C26H28O11/c1-3-33-26(32)37-25-23(31)21(29)22(30)24(36-25)35-19-11-13(2)10-17(28)20(19)16(27)6-4-14-5-7-18-15(12-14)8-9-34-18/h5,7-12,21-25,28-31H,3-4,6H2,1-2H3/t21-,22+,23-,24-,25+/m0/s1. The quantitative estimate of drug-likeness (QED) is 0.257. The summed E-state index contributed by atoms with van der Waals surface area (Å²) in [7, 11) is 0. The molecule has 1 fully saturated rings. The molecular formula is C26H28O11. The average Bonchev–Trinajstić information content (AvgIpc) is 3.32. The van der Waals surface area contributed by atoms with Gasteiger partial charge in [-0.25, -0.2) is 4.79 Å². The summed E-state index contributed by atoms with van der Waals surface area (Å²) < 4.78 is 25.9. The molecule has 0 radical (unpaired) electrons. The van der Waals surface area contributed by atoms with E-state index in [2.05, 4.69) is 4.74 Å². The number of hydrogen-bond donors (Lipinski definition) is 4. The van der Waals surface area contributed by atoms with Crippen LogP contribution in [0.5, 0.6) is 11.5 Å². The summed E-state index contributed by atoms with van der Waals surface area (Å²) in [5.74, 6) is -0.893. The number of fused-ring (bicyclic) bond motifs is 1. The topological polar surface area (TPSA) is 165 Å². The highest BCUT2D eigenvalue weighted by Crippen LogP contribution is 2.34. The summed E-state index contributed by atoms with van der Waals surface area (Å²) in [4.78, 5) is 24.9. The highest BCUT2D eigenvalue weighted by molar-refractivity contribution is 6.01. The number of carbonyl (C=O) groups is 2. The summed E-state index contributed by atoms with van der Waals surface area (Å²) in [5.41, 5.74) is 2.01. The molecule has 0 amide bonds. The number of aliphatic hydroxyl groups is 3. The molecule has 0 saturated carbocycles. The fourth-order valence-corrected chi connectivity index (χ4v) is 4.05. The van der Waals surface area contributed by atoms with Crippen LogP contribution in [0.3, 0.4) is 0 Å². The minimum Gasteiger partial charge on any atom is -0.507 e. The van der Waals surface area contributed by atoms with Gasteiger partial charge in [0.25, 0.3) is 0 Å². The lowest BCUT2D eigenvalue weighted by molar-refractivity contribution is -0.322. The Morgan fingerprint density at radius 1 is 1.00 bits per heavy atom. The van der Waals surface area contributed by atoms with Crippen molar-refractivity contribution >= 4 is 22.9 Å². The van der Waals surface area contributed by atoms with Gasteiger partial charge in [0, 0.05) is 11.8 Å². The number of aromatic hydroxyl groups is 1. The largest absolute Gasteiger partial charge is 0.510 e. The van der Waals surface area contributed by atoms with Crippen molar-refractivity contribution in [3.8, 4) is 11.5 Å². The van der Waals surface area contributed by atoms with Gasteiger partial charge in [-0.15, -0.1) is 0 Å². The van der Waals surface area contributed by atoms with E-state index in [1.807, 2.05) is 24.3 Å². The Labute approximate surface area is 211 Å². The highest BCUT2D eigenvalue weighted by Gasteiger charge is 2.47. The van der Waals surface area contributed by atoms with Crippen molar-refractivity contribution in [3.05, 3.63) is 59.4 Å². The molecule has 4 rings (SSSR count). The van der Waals surface area contributed by atoms with E-state index in [1.165, 1.54) is 12.1 Å². The van der Waals surface area contributed by atoms with Crippen LogP contribution >= 0.6 is 0 Å². The molecule has 37 heavy (non-hydrogen) atoms. The minimum absolute atomic E-state index is 0.00324. The van der Waals surface area contributed by atoms with Crippen molar-refractivity contribution in [2.75, 3.05) is 6.61 Å². The van der Waals surface area contributed by atoms with E-state index < -0.39 is 42.8 Å². The minimum atomic E-state index is -1.81. The number of carbonyl (C=O) groups excluding carboxylic acids is 2. The molecule has 2 heterocycles. The molecule has 1 saturated heterocycles. The molecule has 4 N–H and O–H groups in total.